The van der Waals surface area contributed by atoms with Crippen molar-refractivity contribution in [1.82, 2.24) is 0 Å². The predicted octanol–water partition coefficient (Wildman–Crippen LogP) is 3.58. The molecule has 1 aliphatic rings. The van der Waals surface area contributed by atoms with Gasteiger partial charge in [-0.15, -0.1) is 0 Å². The summed E-state index contributed by atoms with van der Waals surface area (Å²) in [5, 5.41) is 27.9. The molecule has 0 unspecified atom stereocenters. The number of hydrogen-bond acceptors (Lipinski definition) is 6. The van der Waals surface area contributed by atoms with Crippen molar-refractivity contribution in [2.45, 2.75) is 6.92 Å². The van der Waals surface area contributed by atoms with Gasteiger partial charge in [-0.2, -0.15) is 0 Å². The monoisotopic (exact) mass is 415 g/mol. The van der Waals surface area contributed by atoms with Crippen LogP contribution in [0.2, 0.25) is 0 Å². The van der Waals surface area contributed by atoms with E-state index in [1.807, 2.05) is 0 Å². The van der Waals surface area contributed by atoms with Crippen LogP contribution < -0.4 is 4.90 Å². The average molecular weight is 415 g/mol. The van der Waals surface area contributed by atoms with Crippen molar-refractivity contribution in [2.75, 3.05) is 4.90 Å². The van der Waals surface area contributed by atoms with E-state index in [0.29, 0.717) is 16.0 Å². The van der Waals surface area contributed by atoms with E-state index >= 15 is 0 Å². The number of aromatic carboxylic acids is 2. The molecule has 1 aliphatic heterocycles. The van der Waals surface area contributed by atoms with Gasteiger partial charge in [-0.3, -0.25) is 9.69 Å². The summed E-state index contributed by atoms with van der Waals surface area (Å²) in [5.74, 6) is -3.01. The zero-order valence-corrected chi connectivity index (χ0v) is 16.0. The SMILES string of the molecule is C/C(=C1/SC(=S)N(c2cc(C(=O)O)cc(C(=O)O)c2)C1=O)c1ccc(O)cc1. The van der Waals surface area contributed by atoms with Gasteiger partial charge in [0, 0.05) is 0 Å². The van der Waals surface area contributed by atoms with Gasteiger partial charge in [0.2, 0.25) is 0 Å². The zero-order valence-electron chi connectivity index (χ0n) is 14.4. The molecule has 3 rings (SSSR count). The van der Waals surface area contributed by atoms with E-state index in [1.54, 1.807) is 19.1 Å². The number of phenols is 1. The lowest BCUT2D eigenvalue weighted by Gasteiger charge is -2.16. The Balaban J connectivity index is 2.07. The highest BCUT2D eigenvalue weighted by Gasteiger charge is 2.35. The van der Waals surface area contributed by atoms with Crippen molar-refractivity contribution in [2.24, 2.45) is 0 Å². The molecule has 2 aromatic carbocycles. The predicted molar refractivity (Wildman–Crippen MR) is 109 cm³/mol. The van der Waals surface area contributed by atoms with E-state index in [-0.39, 0.29) is 26.9 Å². The molecule has 0 atom stereocenters. The second-order valence-electron chi connectivity index (χ2n) is 5.89. The van der Waals surface area contributed by atoms with Crippen LogP contribution in [0.3, 0.4) is 0 Å². The molecule has 0 aliphatic carbocycles. The molecule has 28 heavy (non-hydrogen) atoms. The third-order valence-electron chi connectivity index (χ3n) is 4.08. The molecule has 1 saturated heterocycles. The molecule has 0 bridgehead atoms. The Bertz CT molecular complexity index is 1030. The second kappa shape index (κ2) is 7.45. The van der Waals surface area contributed by atoms with Crippen molar-refractivity contribution in [3.8, 4) is 5.75 Å². The summed E-state index contributed by atoms with van der Waals surface area (Å²) in [4.78, 5) is 37.1. The van der Waals surface area contributed by atoms with E-state index in [1.165, 1.54) is 24.3 Å². The van der Waals surface area contributed by atoms with E-state index in [0.717, 1.165) is 22.7 Å². The lowest BCUT2D eigenvalue weighted by Crippen LogP contribution is -2.28. The summed E-state index contributed by atoms with van der Waals surface area (Å²) >= 11 is 6.33. The number of amides is 1. The summed E-state index contributed by atoms with van der Waals surface area (Å²) < 4.78 is 0.164. The highest BCUT2D eigenvalue weighted by molar-refractivity contribution is 8.27. The van der Waals surface area contributed by atoms with Gasteiger partial charge in [0.15, 0.2) is 4.32 Å². The Morgan fingerprint density at radius 1 is 0.964 bits per heavy atom. The molecule has 0 saturated carbocycles. The van der Waals surface area contributed by atoms with Crippen LogP contribution in [-0.2, 0) is 4.79 Å². The molecule has 0 spiro atoms. The first-order valence-electron chi connectivity index (χ1n) is 7.87. The standard InChI is InChI=1S/C19H13NO6S2/c1-9(10-2-4-14(21)5-3-10)15-16(22)20(19(27)28-15)13-7-11(17(23)24)6-12(8-13)18(25)26/h2-8,21H,1H3,(H,23,24)(H,25,26)/b15-9-. The fraction of sp³-hybridized carbons (Fsp3) is 0.0526. The van der Waals surface area contributed by atoms with Gasteiger partial charge < -0.3 is 15.3 Å². The highest BCUT2D eigenvalue weighted by Crippen LogP contribution is 2.39. The van der Waals surface area contributed by atoms with Crippen molar-refractivity contribution < 1.29 is 29.7 Å². The molecule has 1 heterocycles. The number of allylic oxidation sites excluding steroid dienone is 1. The lowest BCUT2D eigenvalue weighted by molar-refractivity contribution is -0.113. The minimum absolute atomic E-state index is 0.0771. The summed E-state index contributed by atoms with van der Waals surface area (Å²) in [7, 11) is 0. The summed E-state index contributed by atoms with van der Waals surface area (Å²) in [6.45, 7) is 1.73. The first-order chi connectivity index (χ1) is 13.2. The van der Waals surface area contributed by atoms with Crippen molar-refractivity contribution in [3.63, 3.8) is 0 Å². The highest BCUT2D eigenvalue weighted by atomic mass is 32.2. The van der Waals surface area contributed by atoms with Crippen molar-refractivity contribution in [1.29, 1.82) is 0 Å². The Morgan fingerprint density at radius 2 is 1.50 bits per heavy atom. The summed E-state index contributed by atoms with van der Waals surface area (Å²) in [6, 6.07) is 9.74. The van der Waals surface area contributed by atoms with Crippen LogP contribution in [0.5, 0.6) is 5.75 Å². The fourth-order valence-corrected chi connectivity index (χ4v) is 3.99. The number of carboxylic acids is 2. The maximum absolute atomic E-state index is 13.0. The molecule has 2 aromatic rings. The van der Waals surface area contributed by atoms with Crippen LogP contribution in [-0.4, -0.2) is 37.5 Å². The maximum atomic E-state index is 13.0. The molecule has 0 radical (unpaired) electrons. The van der Waals surface area contributed by atoms with Gasteiger partial charge in [-0.05, 0) is 48.4 Å². The van der Waals surface area contributed by atoms with E-state index in [4.69, 9.17) is 12.2 Å². The Kier molecular flexibility index (Phi) is 5.21. The Labute approximate surface area is 168 Å². The van der Waals surface area contributed by atoms with Gasteiger partial charge in [0.1, 0.15) is 5.75 Å². The third kappa shape index (κ3) is 3.62. The van der Waals surface area contributed by atoms with Crippen LogP contribution in [0, 0.1) is 0 Å². The molecule has 1 amide bonds. The number of aromatic hydroxyl groups is 1. The van der Waals surface area contributed by atoms with Gasteiger partial charge >= 0.3 is 11.9 Å². The fourth-order valence-electron chi connectivity index (χ4n) is 2.65. The maximum Gasteiger partial charge on any atom is 0.335 e. The zero-order chi connectivity index (χ0) is 20.6. The van der Waals surface area contributed by atoms with Crippen LogP contribution in [0.1, 0.15) is 33.2 Å². The first-order valence-corrected chi connectivity index (χ1v) is 9.09. The third-order valence-corrected chi connectivity index (χ3v) is 5.55. The van der Waals surface area contributed by atoms with E-state index in [2.05, 4.69) is 0 Å². The van der Waals surface area contributed by atoms with Crippen molar-refractivity contribution in [3.05, 3.63) is 64.1 Å². The largest absolute Gasteiger partial charge is 0.508 e. The molecule has 3 N–H and O–H groups in total. The number of carbonyl (C=O) groups excluding carboxylic acids is 1. The number of benzene rings is 2. The number of phenolic OH excluding ortho intramolecular Hbond substituents is 1. The van der Waals surface area contributed by atoms with Crippen molar-refractivity contribution >= 4 is 57.4 Å². The second-order valence-corrected chi connectivity index (χ2v) is 7.53. The van der Waals surface area contributed by atoms with Crippen LogP contribution in [0.15, 0.2) is 47.4 Å². The number of carbonyl (C=O) groups is 3. The molecule has 142 valence electrons. The number of hydrogen-bond donors (Lipinski definition) is 3. The number of thioether (sulfide) groups is 1. The summed E-state index contributed by atoms with van der Waals surface area (Å²) in [6.07, 6.45) is 0. The van der Waals surface area contributed by atoms with Gasteiger partial charge in [-0.1, -0.05) is 36.1 Å². The van der Waals surface area contributed by atoms with Gasteiger partial charge in [-0.25, -0.2) is 9.59 Å². The number of carboxylic acid groups (broad SMARTS) is 2. The molecule has 0 aromatic heterocycles. The van der Waals surface area contributed by atoms with E-state index in [9.17, 15) is 29.7 Å². The molecular formula is C19H13NO6S2. The molecular weight excluding hydrogens is 402 g/mol. The van der Waals surface area contributed by atoms with Crippen LogP contribution in [0.4, 0.5) is 5.69 Å². The van der Waals surface area contributed by atoms with Gasteiger partial charge in [0.25, 0.3) is 5.91 Å². The van der Waals surface area contributed by atoms with Crippen LogP contribution in [0.25, 0.3) is 5.57 Å². The van der Waals surface area contributed by atoms with E-state index < -0.39 is 17.8 Å². The summed E-state index contributed by atoms with van der Waals surface area (Å²) in [5.41, 5.74) is 0.899. The first kappa shape index (κ1) is 19.6. The quantitative estimate of drug-likeness (QED) is 0.513. The van der Waals surface area contributed by atoms with Crippen LogP contribution >= 0.6 is 24.0 Å². The number of nitrogens with zero attached hydrogens (tertiary/aromatic N) is 1. The van der Waals surface area contributed by atoms with Gasteiger partial charge in [0.05, 0.1) is 21.7 Å². The lowest BCUT2D eigenvalue weighted by atomic mass is 10.1. The minimum atomic E-state index is -1.31. The normalized spacial score (nSPS) is 15.7. The molecule has 1 fully saturated rings. The molecule has 7 nitrogen and oxygen atoms in total. The molecule has 9 heteroatoms. The number of thiocarbonyl (C=S) groups is 1. The number of rotatable bonds is 4. The topological polar surface area (TPSA) is 115 Å². The Hall–Kier alpha value is -3.17. The number of anilines is 1. The minimum Gasteiger partial charge on any atom is -0.508 e. The smallest absolute Gasteiger partial charge is 0.335 e. The Morgan fingerprint density at radius 3 is 2.00 bits per heavy atom. The average Bonchev–Trinajstić information content (AvgIpc) is 2.95.